The van der Waals surface area contributed by atoms with Crippen LogP contribution in [0, 0.1) is 0 Å². The molecule has 106 valence electrons. The van der Waals surface area contributed by atoms with E-state index in [9.17, 15) is 13.2 Å². The summed E-state index contributed by atoms with van der Waals surface area (Å²) in [5, 5.41) is 4.50. The van der Waals surface area contributed by atoms with Crippen molar-refractivity contribution in [1.82, 2.24) is 10.3 Å². The zero-order valence-electron chi connectivity index (χ0n) is 10.7. The van der Waals surface area contributed by atoms with Crippen LogP contribution in [0.3, 0.4) is 0 Å². The van der Waals surface area contributed by atoms with E-state index in [4.69, 9.17) is 0 Å². The number of pyridine rings is 1. The molecule has 0 radical (unpaired) electrons. The third-order valence-corrected chi connectivity index (χ3v) is 4.60. The fourth-order valence-corrected chi connectivity index (χ4v) is 3.59. The summed E-state index contributed by atoms with van der Waals surface area (Å²) in [7, 11) is 0. The lowest BCUT2D eigenvalue weighted by molar-refractivity contribution is -0.137. The quantitative estimate of drug-likeness (QED) is 0.914. The highest BCUT2D eigenvalue weighted by atomic mass is 32.2. The Morgan fingerprint density at radius 1 is 1.37 bits per heavy atom. The van der Waals surface area contributed by atoms with E-state index >= 15 is 0 Å². The molecule has 6 heteroatoms. The summed E-state index contributed by atoms with van der Waals surface area (Å²) in [5.74, 6) is 0. The maximum Gasteiger partial charge on any atom is 0.417 e. The lowest BCUT2D eigenvalue weighted by Crippen LogP contribution is -2.33. The van der Waals surface area contributed by atoms with Gasteiger partial charge < -0.3 is 5.32 Å². The number of hydrogen-bond donors (Lipinski definition) is 1. The fourth-order valence-electron chi connectivity index (χ4n) is 2.34. The zero-order chi connectivity index (χ0) is 13.9. The van der Waals surface area contributed by atoms with E-state index < -0.39 is 11.7 Å². The molecule has 1 aromatic heterocycles. The van der Waals surface area contributed by atoms with Crippen LogP contribution >= 0.6 is 11.8 Å². The molecular weight excluding hydrogens is 273 g/mol. The van der Waals surface area contributed by atoms with E-state index in [1.54, 1.807) is 11.8 Å². The zero-order valence-corrected chi connectivity index (χ0v) is 11.5. The summed E-state index contributed by atoms with van der Waals surface area (Å²) in [6.45, 7) is 2.98. The molecule has 0 spiro atoms. The Morgan fingerprint density at radius 3 is 2.74 bits per heavy atom. The molecule has 1 saturated carbocycles. The van der Waals surface area contributed by atoms with E-state index in [2.05, 4.69) is 17.2 Å². The second kappa shape index (κ2) is 6.13. The molecular formula is C13H17F3N2S. The van der Waals surface area contributed by atoms with Crippen LogP contribution in [0.25, 0.3) is 0 Å². The van der Waals surface area contributed by atoms with Gasteiger partial charge in [-0.2, -0.15) is 13.2 Å². The van der Waals surface area contributed by atoms with Crippen molar-refractivity contribution in [3.8, 4) is 0 Å². The van der Waals surface area contributed by atoms with Gasteiger partial charge in [0.2, 0.25) is 0 Å². The van der Waals surface area contributed by atoms with Gasteiger partial charge in [-0.3, -0.25) is 0 Å². The van der Waals surface area contributed by atoms with Crippen LogP contribution in [0.5, 0.6) is 0 Å². The summed E-state index contributed by atoms with van der Waals surface area (Å²) in [6.07, 6.45) is -0.0114. The van der Waals surface area contributed by atoms with E-state index in [1.165, 1.54) is 6.07 Å². The molecule has 1 aliphatic carbocycles. The van der Waals surface area contributed by atoms with Crippen LogP contribution in [-0.2, 0) is 6.18 Å². The Hall–Kier alpha value is -0.750. The van der Waals surface area contributed by atoms with E-state index in [0.29, 0.717) is 16.3 Å². The Bertz CT molecular complexity index is 405. The standard InChI is InChI=1S/C13H17F3N2S/c1-2-17-10-4-3-5-11(10)19-12-7-6-9(8-18-12)13(14,15)16/h6-8,10-11,17H,2-5H2,1H3. The summed E-state index contributed by atoms with van der Waals surface area (Å²) in [5.41, 5.74) is -0.688. The number of aromatic nitrogens is 1. The Balaban J connectivity index is 1.99. The number of nitrogens with one attached hydrogen (secondary N) is 1. The number of halogens is 3. The first-order chi connectivity index (χ1) is 9.00. The largest absolute Gasteiger partial charge is 0.417 e. The molecule has 2 rings (SSSR count). The van der Waals surface area contributed by atoms with E-state index in [1.807, 2.05) is 0 Å². The molecule has 0 aliphatic heterocycles. The van der Waals surface area contributed by atoms with E-state index in [0.717, 1.165) is 38.1 Å². The van der Waals surface area contributed by atoms with Crippen molar-refractivity contribution in [1.29, 1.82) is 0 Å². The van der Waals surface area contributed by atoms with Crippen molar-refractivity contribution >= 4 is 11.8 Å². The highest BCUT2D eigenvalue weighted by Crippen LogP contribution is 2.35. The minimum absolute atomic E-state index is 0.407. The second-order valence-corrected chi connectivity index (χ2v) is 5.89. The number of rotatable bonds is 4. The molecule has 0 saturated heterocycles. The smallest absolute Gasteiger partial charge is 0.313 e. The van der Waals surface area contributed by atoms with Gasteiger partial charge in [-0.05, 0) is 31.5 Å². The Morgan fingerprint density at radius 2 is 2.16 bits per heavy atom. The number of thioether (sulfide) groups is 1. The Labute approximate surface area is 115 Å². The fraction of sp³-hybridized carbons (Fsp3) is 0.615. The molecule has 1 aliphatic rings. The minimum atomic E-state index is -4.31. The number of alkyl halides is 3. The van der Waals surface area contributed by atoms with Crippen molar-refractivity contribution in [3.05, 3.63) is 23.9 Å². The van der Waals surface area contributed by atoms with Crippen LogP contribution < -0.4 is 5.32 Å². The van der Waals surface area contributed by atoms with Gasteiger partial charge in [0.25, 0.3) is 0 Å². The molecule has 1 aromatic rings. The van der Waals surface area contributed by atoms with Gasteiger partial charge in [0.05, 0.1) is 10.6 Å². The predicted molar refractivity (Wildman–Crippen MR) is 70.2 cm³/mol. The van der Waals surface area contributed by atoms with Gasteiger partial charge in [0.1, 0.15) is 0 Å². The van der Waals surface area contributed by atoms with Crippen molar-refractivity contribution in [2.75, 3.05) is 6.54 Å². The van der Waals surface area contributed by atoms with Gasteiger partial charge in [0.15, 0.2) is 0 Å². The van der Waals surface area contributed by atoms with Crippen molar-refractivity contribution in [2.24, 2.45) is 0 Å². The maximum atomic E-state index is 12.4. The maximum absolute atomic E-state index is 12.4. The average Bonchev–Trinajstić information content (AvgIpc) is 2.77. The molecule has 2 atom stereocenters. The van der Waals surface area contributed by atoms with Crippen molar-refractivity contribution in [3.63, 3.8) is 0 Å². The molecule has 0 bridgehead atoms. The SMILES string of the molecule is CCNC1CCCC1Sc1ccc(C(F)(F)F)cn1. The van der Waals surface area contributed by atoms with Crippen molar-refractivity contribution < 1.29 is 13.2 Å². The summed E-state index contributed by atoms with van der Waals surface area (Å²) in [6, 6.07) is 3.01. The molecule has 0 aromatic carbocycles. The van der Waals surface area contributed by atoms with Gasteiger partial charge in [-0.25, -0.2) is 4.98 Å². The lowest BCUT2D eigenvalue weighted by Gasteiger charge is -2.19. The third-order valence-electron chi connectivity index (χ3n) is 3.25. The molecule has 2 unspecified atom stereocenters. The van der Waals surface area contributed by atoms with Gasteiger partial charge in [0, 0.05) is 17.5 Å². The van der Waals surface area contributed by atoms with E-state index in [-0.39, 0.29) is 0 Å². The van der Waals surface area contributed by atoms with Gasteiger partial charge in [-0.15, -0.1) is 11.8 Å². The first-order valence-electron chi connectivity index (χ1n) is 6.44. The average molecular weight is 290 g/mol. The molecule has 19 heavy (non-hydrogen) atoms. The normalized spacial score (nSPS) is 23.8. The summed E-state index contributed by atoms with van der Waals surface area (Å²) >= 11 is 1.58. The first kappa shape index (κ1) is 14.7. The molecule has 2 nitrogen and oxygen atoms in total. The van der Waals surface area contributed by atoms with Gasteiger partial charge >= 0.3 is 6.18 Å². The Kier molecular flexibility index (Phi) is 4.73. The van der Waals surface area contributed by atoms with Crippen molar-refractivity contribution in [2.45, 2.75) is 48.7 Å². The first-order valence-corrected chi connectivity index (χ1v) is 7.32. The van der Waals surface area contributed by atoms with Crippen LogP contribution in [0.1, 0.15) is 31.7 Å². The topological polar surface area (TPSA) is 24.9 Å². The second-order valence-electron chi connectivity index (χ2n) is 4.63. The molecule has 1 heterocycles. The lowest BCUT2D eigenvalue weighted by atomic mass is 10.2. The highest BCUT2D eigenvalue weighted by Gasteiger charge is 2.31. The van der Waals surface area contributed by atoms with Crippen LogP contribution in [0.2, 0.25) is 0 Å². The third kappa shape index (κ3) is 3.86. The van der Waals surface area contributed by atoms with Crippen LogP contribution in [0.15, 0.2) is 23.4 Å². The molecule has 1 fully saturated rings. The molecule has 0 amide bonds. The summed E-state index contributed by atoms with van der Waals surface area (Å²) < 4.78 is 37.3. The van der Waals surface area contributed by atoms with Crippen LogP contribution in [-0.4, -0.2) is 22.8 Å². The molecule has 1 N–H and O–H groups in total. The number of nitrogens with zero attached hydrogens (tertiary/aromatic N) is 1. The highest BCUT2D eigenvalue weighted by molar-refractivity contribution is 7.99. The predicted octanol–water partition coefficient (Wildman–Crippen LogP) is 3.72. The number of hydrogen-bond acceptors (Lipinski definition) is 3. The summed E-state index contributed by atoms with van der Waals surface area (Å²) in [4.78, 5) is 3.92. The van der Waals surface area contributed by atoms with Crippen LogP contribution in [0.4, 0.5) is 13.2 Å². The minimum Gasteiger partial charge on any atom is -0.313 e. The monoisotopic (exact) mass is 290 g/mol. The van der Waals surface area contributed by atoms with Gasteiger partial charge in [-0.1, -0.05) is 13.3 Å².